The fourth-order valence-electron chi connectivity index (χ4n) is 2.19. The maximum atomic E-state index is 6.02. The minimum atomic E-state index is 0.722. The zero-order valence-electron chi connectivity index (χ0n) is 10.6. The number of halogens is 2. The minimum absolute atomic E-state index is 0.722. The Labute approximate surface area is 118 Å². The van der Waals surface area contributed by atoms with Crippen LogP contribution in [0.1, 0.15) is 32.0 Å². The molecule has 0 aliphatic rings. The van der Waals surface area contributed by atoms with Gasteiger partial charge in [0.2, 0.25) is 0 Å². The normalized spacial score (nSPS) is 11.3. The van der Waals surface area contributed by atoms with Crippen LogP contribution in [0.15, 0.2) is 18.2 Å². The van der Waals surface area contributed by atoms with Gasteiger partial charge in [-0.25, -0.2) is 4.98 Å². The predicted molar refractivity (Wildman–Crippen MR) is 78.7 cm³/mol. The zero-order chi connectivity index (χ0) is 13.0. The van der Waals surface area contributed by atoms with Crippen LogP contribution in [-0.2, 0) is 13.0 Å². The Bertz CT molecular complexity index is 520. The fourth-order valence-corrected chi connectivity index (χ4v) is 2.55. The molecule has 0 bridgehead atoms. The van der Waals surface area contributed by atoms with Gasteiger partial charge >= 0.3 is 0 Å². The topological polar surface area (TPSA) is 17.8 Å². The van der Waals surface area contributed by atoms with E-state index in [0.717, 1.165) is 54.5 Å². The van der Waals surface area contributed by atoms with Crippen molar-refractivity contribution in [1.82, 2.24) is 9.55 Å². The third-order valence-corrected chi connectivity index (χ3v) is 3.52. The first-order valence-electron chi connectivity index (χ1n) is 6.47. The summed E-state index contributed by atoms with van der Waals surface area (Å²) in [5.41, 5.74) is 2.18. The summed E-state index contributed by atoms with van der Waals surface area (Å²) in [5, 5.41) is 0.746. The maximum absolute atomic E-state index is 6.02. The second-order valence-electron chi connectivity index (χ2n) is 4.46. The van der Waals surface area contributed by atoms with Crippen molar-refractivity contribution in [2.24, 2.45) is 0 Å². The van der Waals surface area contributed by atoms with E-state index in [4.69, 9.17) is 28.2 Å². The van der Waals surface area contributed by atoms with Gasteiger partial charge in [0.15, 0.2) is 0 Å². The third kappa shape index (κ3) is 2.99. The number of fused-ring (bicyclic) bond motifs is 1. The largest absolute Gasteiger partial charge is 0.328 e. The number of hydrogen-bond acceptors (Lipinski definition) is 1. The first-order valence-corrected chi connectivity index (χ1v) is 7.38. The van der Waals surface area contributed by atoms with E-state index in [2.05, 4.69) is 17.6 Å². The van der Waals surface area contributed by atoms with Crippen molar-refractivity contribution in [2.75, 3.05) is 5.88 Å². The van der Waals surface area contributed by atoms with E-state index in [9.17, 15) is 0 Å². The van der Waals surface area contributed by atoms with Crippen LogP contribution >= 0.6 is 23.2 Å². The van der Waals surface area contributed by atoms with Gasteiger partial charge in [-0.2, -0.15) is 0 Å². The molecule has 1 aromatic heterocycles. The number of unbranched alkanes of at least 4 members (excludes halogenated alkanes) is 1. The van der Waals surface area contributed by atoms with Crippen molar-refractivity contribution in [3.05, 3.63) is 29.0 Å². The van der Waals surface area contributed by atoms with Crippen LogP contribution in [0.5, 0.6) is 0 Å². The highest BCUT2D eigenvalue weighted by Gasteiger charge is 2.10. The van der Waals surface area contributed by atoms with Crippen LogP contribution < -0.4 is 0 Å². The number of nitrogens with zero attached hydrogens (tertiary/aromatic N) is 2. The fraction of sp³-hybridized carbons (Fsp3) is 0.500. The lowest BCUT2D eigenvalue weighted by atomic mass is 10.2. The van der Waals surface area contributed by atoms with Gasteiger partial charge < -0.3 is 4.57 Å². The van der Waals surface area contributed by atoms with Crippen LogP contribution in [0.25, 0.3) is 11.0 Å². The number of rotatable bonds is 6. The van der Waals surface area contributed by atoms with Gasteiger partial charge in [0.05, 0.1) is 11.0 Å². The molecule has 0 saturated heterocycles. The van der Waals surface area contributed by atoms with Gasteiger partial charge in [-0.05, 0) is 37.5 Å². The van der Waals surface area contributed by atoms with Crippen molar-refractivity contribution in [3.63, 3.8) is 0 Å². The molecule has 2 nitrogen and oxygen atoms in total. The van der Waals surface area contributed by atoms with Crippen LogP contribution in [0.4, 0.5) is 0 Å². The SMILES string of the molecule is CCCn1c(CCCCCl)nc2cc(Cl)ccc21. The molecule has 0 radical (unpaired) electrons. The number of aryl methyl sites for hydroxylation is 2. The average Bonchev–Trinajstić information content (AvgIpc) is 2.68. The van der Waals surface area contributed by atoms with Crippen LogP contribution in [0, 0.1) is 0 Å². The zero-order valence-corrected chi connectivity index (χ0v) is 12.1. The molecule has 0 atom stereocenters. The molecular formula is C14H18Cl2N2. The van der Waals surface area contributed by atoms with Crippen molar-refractivity contribution in [2.45, 2.75) is 39.2 Å². The van der Waals surface area contributed by atoms with E-state index in [1.54, 1.807) is 0 Å². The highest BCUT2D eigenvalue weighted by atomic mass is 35.5. The molecule has 0 aliphatic carbocycles. The minimum Gasteiger partial charge on any atom is -0.328 e. The molecule has 0 unspecified atom stereocenters. The lowest BCUT2D eigenvalue weighted by molar-refractivity contribution is 0.634. The lowest BCUT2D eigenvalue weighted by Crippen LogP contribution is -2.03. The van der Waals surface area contributed by atoms with Gasteiger partial charge in [0.1, 0.15) is 5.82 Å². The Morgan fingerprint density at radius 3 is 2.83 bits per heavy atom. The quantitative estimate of drug-likeness (QED) is 0.557. The molecule has 0 N–H and O–H groups in total. The monoisotopic (exact) mass is 284 g/mol. The van der Waals surface area contributed by atoms with Crippen molar-refractivity contribution < 1.29 is 0 Å². The highest BCUT2D eigenvalue weighted by Crippen LogP contribution is 2.22. The van der Waals surface area contributed by atoms with E-state index in [-0.39, 0.29) is 0 Å². The summed E-state index contributed by atoms with van der Waals surface area (Å²) >= 11 is 11.7. The van der Waals surface area contributed by atoms with Crippen molar-refractivity contribution in [3.8, 4) is 0 Å². The molecule has 1 heterocycles. The molecular weight excluding hydrogens is 267 g/mol. The van der Waals surface area contributed by atoms with Crippen molar-refractivity contribution >= 4 is 34.2 Å². The summed E-state index contributed by atoms with van der Waals surface area (Å²) in [6, 6.07) is 5.93. The summed E-state index contributed by atoms with van der Waals surface area (Å²) in [7, 11) is 0. The molecule has 0 fully saturated rings. The molecule has 0 amide bonds. The summed E-state index contributed by atoms with van der Waals surface area (Å²) < 4.78 is 2.31. The number of hydrogen-bond donors (Lipinski definition) is 0. The molecule has 4 heteroatoms. The summed E-state index contributed by atoms with van der Waals surface area (Å²) in [4.78, 5) is 4.70. The van der Waals surface area contributed by atoms with Crippen LogP contribution in [-0.4, -0.2) is 15.4 Å². The number of imidazole rings is 1. The van der Waals surface area contributed by atoms with E-state index in [1.807, 2.05) is 12.1 Å². The second-order valence-corrected chi connectivity index (χ2v) is 5.27. The molecule has 0 aliphatic heterocycles. The number of aromatic nitrogens is 2. The van der Waals surface area contributed by atoms with E-state index in [1.165, 1.54) is 5.52 Å². The van der Waals surface area contributed by atoms with Gasteiger partial charge in [-0.3, -0.25) is 0 Å². The average molecular weight is 285 g/mol. The van der Waals surface area contributed by atoms with Crippen molar-refractivity contribution in [1.29, 1.82) is 0 Å². The Morgan fingerprint density at radius 1 is 1.28 bits per heavy atom. The summed E-state index contributed by atoms with van der Waals surface area (Å²) in [6.45, 7) is 3.19. The molecule has 1 aromatic carbocycles. The van der Waals surface area contributed by atoms with Gasteiger partial charge in [0.25, 0.3) is 0 Å². The Balaban J connectivity index is 2.34. The Morgan fingerprint density at radius 2 is 2.11 bits per heavy atom. The maximum Gasteiger partial charge on any atom is 0.109 e. The van der Waals surface area contributed by atoms with Gasteiger partial charge in [-0.15, -0.1) is 11.6 Å². The standard InChI is InChI=1S/C14H18Cl2N2/c1-2-9-18-13-7-6-11(16)10-12(13)17-14(18)5-3-4-8-15/h6-7,10H,2-5,8-9H2,1H3. The van der Waals surface area contributed by atoms with Gasteiger partial charge in [-0.1, -0.05) is 18.5 Å². The third-order valence-electron chi connectivity index (χ3n) is 3.02. The van der Waals surface area contributed by atoms with Crippen LogP contribution in [0.2, 0.25) is 5.02 Å². The van der Waals surface area contributed by atoms with E-state index >= 15 is 0 Å². The van der Waals surface area contributed by atoms with Gasteiger partial charge in [0, 0.05) is 23.9 Å². The molecule has 98 valence electrons. The first kappa shape index (κ1) is 13.7. The smallest absolute Gasteiger partial charge is 0.109 e. The van der Waals surface area contributed by atoms with Crippen LogP contribution in [0.3, 0.4) is 0 Å². The molecule has 2 aromatic rings. The summed E-state index contributed by atoms with van der Waals surface area (Å²) in [5.74, 6) is 1.87. The molecule has 18 heavy (non-hydrogen) atoms. The van der Waals surface area contributed by atoms with E-state index < -0.39 is 0 Å². The number of benzene rings is 1. The lowest BCUT2D eigenvalue weighted by Gasteiger charge is -2.07. The molecule has 2 rings (SSSR count). The summed E-state index contributed by atoms with van der Waals surface area (Å²) in [6.07, 6.45) is 4.22. The predicted octanol–water partition coefficient (Wildman–Crippen LogP) is 4.66. The molecule has 0 spiro atoms. The Hall–Kier alpha value is -0.730. The highest BCUT2D eigenvalue weighted by molar-refractivity contribution is 6.31. The second kappa shape index (κ2) is 6.44. The van der Waals surface area contributed by atoms with E-state index in [0.29, 0.717) is 0 Å². The Kier molecular flexibility index (Phi) is 4.90. The molecule has 0 saturated carbocycles. The first-order chi connectivity index (χ1) is 8.76. The number of alkyl halides is 1.